The zero-order valence-electron chi connectivity index (χ0n) is 46.2. The van der Waals surface area contributed by atoms with E-state index in [9.17, 15) is 0 Å². The molecule has 0 unspecified atom stereocenters. The Balaban J connectivity index is 0.822. The van der Waals surface area contributed by atoms with Gasteiger partial charge in [-0.2, -0.15) is 0 Å². The lowest BCUT2D eigenvalue weighted by atomic mass is 9.65. The molecule has 0 bridgehead atoms. The van der Waals surface area contributed by atoms with Crippen molar-refractivity contribution in [1.82, 2.24) is 0 Å². The van der Waals surface area contributed by atoms with Gasteiger partial charge in [0.25, 0.3) is 0 Å². The molecule has 1 aliphatic heterocycles. The molecule has 0 saturated carbocycles. The third-order valence-electron chi connectivity index (χ3n) is 18.8. The summed E-state index contributed by atoms with van der Waals surface area (Å²) in [6.45, 7) is 0. The fourth-order valence-corrected chi connectivity index (χ4v) is 15.2. The van der Waals surface area contributed by atoms with Crippen LogP contribution in [0.1, 0.15) is 44.5 Å². The first-order valence-electron chi connectivity index (χ1n) is 29.4. The van der Waals surface area contributed by atoms with E-state index in [1.165, 1.54) is 55.6 Å². The van der Waals surface area contributed by atoms with Gasteiger partial charge in [-0.3, -0.25) is 0 Å². The predicted octanol–water partition coefficient (Wildman–Crippen LogP) is 21.5. The molecule has 1 aromatic heterocycles. The Bertz CT molecular complexity index is 5090. The lowest BCUT2D eigenvalue weighted by Crippen LogP contribution is -2.32. The average Bonchev–Trinajstić information content (AvgIpc) is 3.44. The van der Waals surface area contributed by atoms with E-state index in [4.69, 9.17) is 9.15 Å². The summed E-state index contributed by atoms with van der Waals surface area (Å²) in [6, 6.07) is 114. The van der Waals surface area contributed by atoms with Crippen LogP contribution in [0, 0.1) is 0 Å². The predicted molar refractivity (Wildman–Crippen MR) is 349 cm³/mol. The summed E-state index contributed by atoms with van der Waals surface area (Å²) >= 11 is 0. The van der Waals surface area contributed by atoms with Crippen LogP contribution in [0.25, 0.3) is 88.0 Å². The molecule has 1 spiro atoms. The van der Waals surface area contributed by atoms with E-state index in [1.807, 2.05) is 12.1 Å². The Labute approximate surface area is 492 Å². The van der Waals surface area contributed by atoms with Gasteiger partial charge in [-0.25, -0.2) is 0 Å². The number of hydrogen-bond donors (Lipinski definition) is 0. The van der Waals surface area contributed by atoms with Crippen molar-refractivity contribution in [3.05, 3.63) is 354 Å². The highest BCUT2D eigenvalue weighted by Gasteiger charge is 2.52. The normalized spacial score (nSPS) is 13.7. The van der Waals surface area contributed by atoms with Crippen LogP contribution >= 0.6 is 0 Å². The second kappa shape index (κ2) is 18.2. The van der Waals surface area contributed by atoms with E-state index in [0.717, 1.165) is 105 Å². The quantitative estimate of drug-likeness (QED) is 0.159. The number of hydrogen-bond acceptors (Lipinski definition) is 3. The summed E-state index contributed by atoms with van der Waals surface area (Å²) < 4.78 is 13.6. The van der Waals surface area contributed by atoms with Crippen LogP contribution in [0.2, 0.25) is 0 Å². The van der Waals surface area contributed by atoms with E-state index in [0.29, 0.717) is 0 Å². The van der Waals surface area contributed by atoms with Crippen molar-refractivity contribution < 1.29 is 9.15 Å². The van der Waals surface area contributed by atoms with E-state index in [2.05, 4.69) is 302 Å². The molecule has 3 aliphatic rings. The molecule has 18 rings (SSSR count). The number of para-hydroxylation sites is 1. The van der Waals surface area contributed by atoms with Crippen LogP contribution in [0.5, 0.6) is 11.5 Å². The van der Waals surface area contributed by atoms with Gasteiger partial charge in [0.15, 0.2) is 0 Å². The molecule has 0 fully saturated rings. The van der Waals surface area contributed by atoms with E-state index in [1.54, 1.807) is 0 Å². The Morgan fingerprint density at radius 3 is 1.40 bits per heavy atom. The number of anilines is 3. The van der Waals surface area contributed by atoms with Crippen LogP contribution in [0.15, 0.2) is 314 Å². The molecule has 0 atom stereocenters. The van der Waals surface area contributed by atoms with Crippen LogP contribution in [-0.2, 0) is 10.8 Å². The van der Waals surface area contributed by atoms with E-state index >= 15 is 0 Å². The SMILES string of the molecule is c1ccc(C2(c3ccccc3)c3ccccc3-c3c(N(c4ccc(-c5ccc6c(c5)C5(c7ccccc7-6)c6ccc7ccccc7c6Oc6c5ccc5ccccc65)cc4)c4ccc(-c5ccc6oc7ccccc7c6c5)cc4)cccc32)cc1. The summed E-state index contributed by atoms with van der Waals surface area (Å²) in [7, 11) is 0. The van der Waals surface area contributed by atoms with Gasteiger partial charge in [-0.1, -0.05) is 255 Å². The number of rotatable bonds is 7. The first-order valence-corrected chi connectivity index (χ1v) is 29.4. The van der Waals surface area contributed by atoms with Gasteiger partial charge in [0.1, 0.15) is 22.7 Å². The second-order valence-corrected chi connectivity index (χ2v) is 23.0. The van der Waals surface area contributed by atoms with E-state index < -0.39 is 10.8 Å². The maximum Gasteiger partial charge on any atom is 0.140 e. The monoisotopic (exact) mass is 1080 g/mol. The fraction of sp³-hybridized carbons (Fsp3) is 0.0244. The third kappa shape index (κ3) is 6.72. The Morgan fingerprint density at radius 2 is 0.753 bits per heavy atom. The largest absolute Gasteiger partial charge is 0.456 e. The average molecular weight is 1080 g/mol. The van der Waals surface area contributed by atoms with Crippen molar-refractivity contribution in [3.8, 4) is 56.0 Å². The minimum absolute atomic E-state index is 0.560. The Morgan fingerprint density at radius 1 is 0.271 bits per heavy atom. The van der Waals surface area contributed by atoms with E-state index in [-0.39, 0.29) is 0 Å². The Kier molecular flexibility index (Phi) is 10.2. The molecular formula is C82H51NO2. The van der Waals surface area contributed by atoms with Gasteiger partial charge in [-0.05, 0) is 138 Å². The molecule has 0 N–H and O–H groups in total. The topological polar surface area (TPSA) is 25.6 Å². The molecule has 3 nitrogen and oxygen atoms in total. The minimum Gasteiger partial charge on any atom is -0.456 e. The number of nitrogens with zero attached hydrogens (tertiary/aromatic N) is 1. The van der Waals surface area contributed by atoms with Gasteiger partial charge >= 0.3 is 0 Å². The van der Waals surface area contributed by atoms with Gasteiger partial charge in [0.2, 0.25) is 0 Å². The van der Waals surface area contributed by atoms with Crippen molar-refractivity contribution in [2.75, 3.05) is 4.90 Å². The number of benzene rings is 14. The van der Waals surface area contributed by atoms with Crippen LogP contribution in [0.3, 0.4) is 0 Å². The summed E-state index contributed by atoms with van der Waals surface area (Å²) in [5, 5.41) is 6.77. The molecule has 3 heteroatoms. The number of ether oxygens (including phenoxy) is 1. The second-order valence-electron chi connectivity index (χ2n) is 23.0. The van der Waals surface area contributed by atoms with Crippen molar-refractivity contribution in [3.63, 3.8) is 0 Å². The molecule has 14 aromatic carbocycles. The maximum atomic E-state index is 7.29. The highest BCUT2D eigenvalue weighted by molar-refractivity contribution is 6.07. The summed E-state index contributed by atoms with van der Waals surface area (Å²) in [5.41, 5.74) is 23.1. The lowest BCUT2D eigenvalue weighted by molar-refractivity contribution is 0.447. The van der Waals surface area contributed by atoms with Crippen molar-refractivity contribution in [1.29, 1.82) is 0 Å². The van der Waals surface area contributed by atoms with Crippen LogP contribution < -0.4 is 9.64 Å². The number of furan rings is 1. The zero-order chi connectivity index (χ0) is 55.8. The molecule has 15 aromatic rings. The van der Waals surface area contributed by atoms with Gasteiger partial charge in [0, 0.05) is 49.6 Å². The summed E-state index contributed by atoms with van der Waals surface area (Å²) in [4.78, 5) is 2.47. The summed E-state index contributed by atoms with van der Waals surface area (Å²) in [5.74, 6) is 1.83. The zero-order valence-corrected chi connectivity index (χ0v) is 46.2. The standard InChI is InChI=1S/C82H51NO2/c1-3-20-58(21-4-1)81(59-22-5-2-6-23-59)70-30-15-12-28-67(70)78-71(81)31-17-32-75(78)83(60-42-34-52(35-43-60)56-41-49-77-68(50-56)66-27-13-16-33-76(66)84-77)61-44-36-53(37-45-61)57-38-46-65-64-26-11-14-29-69(64)82(74(65)51-57)72-47-39-54-18-7-9-24-62(54)79(72)85-80-63-25-10-8-19-55(63)40-48-73(80)82/h1-51H. The molecule has 85 heavy (non-hydrogen) atoms. The van der Waals surface area contributed by atoms with Crippen molar-refractivity contribution in [2.24, 2.45) is 0 Å². The van der Waals surface area contributed by atoms with Crippen LogP contribution in [0.4, 0.5) is 17.1 Å². The summed E-state index contributed by atoms with van der Waals surface area (Å²) in [6.07, 6.45) is 0. The smallest absolute Gasteiger partial charge is 0.140 e. The molecule has 2 heterocycles. The van der Waals surface area contributed by atoms with Crippen molar-refractivity contribution in [2.45, 2.75) is 10.8 Å². The third-order valence-corrected chi connectivity index (χ3v) is 18.8. The first kappa shape index (κ1) is 47.6. The minimum atomic E-state index is -0.654. The van der Waals surface area contributed by atoms with Crippen LogP contribution in [-0.4, -0.2) is 0 Å². The van der Waals surface area contributed by atoms with Gasteiger partial charge in [-0.15, -0.1) is 0 Å². The highest BCUT2D eigenvalue weighted by Crippen LogP contribution is 2.65. The highest BCUT2D eigenvalue weighted by atomic mass is 16.5. The molecule has 2 aliphatic carbocycles. The molecule has 0 saturated heterocycles. The maximum absolute atomic E-state index is 7.29. The Hall–Kier alpha value is -11.0. The molecule has 396 valence electrons. The molecular weight excluding hydrogens is 1030 g/mol. The molecule has 0 amide bonds. The van der Waals surface area contributed by atoms with Gasteiger partial charge < -0.3 is 14.1 Å². The lowest BCUT2D eigenvalue weighted by Gasteiger charge is -2.40. The molecule has 0 radical (unpaired) electrons. The first-order chi connectivity index (χ1) is 42.1. The van der Waals surface area contributed by atoms with Crippen molar-refractivity contribution >= 4 is 60.5 Å². The number of fused-ring (bicyclic) bond motifs is 19. The van der Waals surface area contributed by atoms with Gasteiger partial charge in [0.05, 0.1) is 16.5 Å². The fourth-order valence-electron chi connectivity index (χ4n) is 15.2.